The molecule has 19 heavy (non-hydrogen) atoms. The summed E-state index contributed by atoms with van der Waals surface area (Å²) in [4.78, 5) is 2.48. The van der Waals surface area contributed by atoms with E-state index in [0.717, 1.165) is 18.2 Å². The summed E-state index contributed by atoms with van der Waals surface area (Å²) in [7, 11) is 2.22. The second-order valence-electron chi connectivity index (χ2n) is 5.78. The summed E-state index contributed by atoms with van der Waals surface area (Å²) in [6.45, 7) is 5.57. The summed E-state index contributed by atoms with van der Waals surface area (Å²) in [6, 6.07) is 9.86. The van der Waals surface area contributed by atoms with Gasteiger partial charge >= 0.3 is 0 Å². The molecular weight excluding hydrogens is 236 g/mol. The summed E-state index contributed by atoms with van der Waals surface area (Å²) in [6.07, 6.45) is 2.71. The molecule has 0 aromatic heterocycles. The average Bonchev–Trinajstić information content (AvgIpc) is 3.28. The Balaban J connectivity index is 1.84. The van der Waals surface area contributed by atoms with Crippen molar-refractivity contribution in [2.24, 2.45) is 0 Å². The molecule has 2 atom stereocenters. The minimum atomic E-state index is 0.112. The first-order valence-corrected chi connectivity index (χ1v) is 7.27. The molecule has 0 aliphatic heterocycles. The van der Waals surface area contributed by atoms with Gasteiger partial charge in [-0.05, 0) is 44.9 Å². The van der Waals surface area contributed by atoms with Crippen LogP contribution in [-0.2, 0) is 6.61 Å². The van der Waals surface area contributed by atoms with E-state index in [0.29, 0.717) is 12.1 Å². The number of hydrogen-bond donors (Lipinski definition) is 2. The quantitative estimate of drug-likeness (QED) is 0.791. The Morgan fingerprint density at radius 3 is 2.74 bits per heavy atom. The maximum absolute atomic E-state index is 9.18. The van der Waals surface area contributed by atoms with Crippen molar-refractivity contribution in [1.29, 1.82) is 0 Å². The molecule has 2 N–H and O–H groups in total. The van der Waals surface area contributed by atoms with Gasteiger partial charge < -0.3 is 10.4 Å². The molecule has 0 heterocycles. The van der Waals surface area contributed by atoms with E-state index in [-0.39, 0.29) is 6.61 Å². The van der Waals surface area contributed by atoms with Gasteiger partial charge in [-0.25, -0.2) is 0 Å². The predicted octanol–water partition coefficient (Wildman–Crippen LogP) is 2.31. The first-order chi connectivity index (χ1) is 9.11. The second kappa shape index (κ2) is 6.51. The Labute approximate surface area is 116 Å². The van der Waals surface area contributed by atoms with Crippen molar-refractivity contribution in [3.05, 3.63) is 35.4 Å². The minimum absolute atomic E-state index is 0.112. The lowest BCUT2D eigenvalue weighted by Gasteiger charge is -2.26. The molecule has 1 aromatic carbocycles. The fourth-order valence-corrected chi connectivity index (χ4v) is 2.41. The van der Waals surface area contributed by atoms with Crippen LogP contribution >= 0.6 is 0 Å². The van der Waals surface area contributed by atoms with E-state index < -0.39 is 0 Å². The van der Waals surface area contributed by atoms with Crippen molar-refractivity contribution in [3.8, 4) is 0 Å². The van der Waals surface area contributed by atoms with Crippen LogP contribution in [0.2, 0.25) is 0 Å². The smallest absolute Gasteiger partial charge is 0.0681 e. The van der Waals surface area contributed by atoms with E-state index in [4.69, 9.17) is 0 Å². The maximum Gasteiger partial charge on any atom is 0.0681 e. The van der Waals surface area contributed by atoms with Gasteiger partial charge in [0.05, 0.1) is 6.61 Å². The molecule has 1 saturated carbocycles. The van der Waals surface area contributed by atoms with Crippen molar-refractivity contribution >= 4 is 0 Å². The molecule has 106 valence electrons. The van der Waals surface area contributed by atoms with Gasteiger partial charge in [0.2, 0.25) is 0 Å². The van der Waals surface area contributed by atoms with Crippen molar-refractivity contribution in [3.63, 3.8) is 0 Å². The number of hydrogen-bond acceptors (Lipinski definition) is 3. The summed E-state index contributed by atoms with van der Waals surface area (Å²) in [5.74, 6) is 0. The van der Waals surface area contributed by atoms with Gasteiger partial charge in [-0.1, -0.05) is 24.3 Å². The molecule has 0 bridgehead atoms. The van der Waals surface area contributed by atoms with Crippen LogP contribution in [0.4, 0.5) is 0 Å². The van der Waals surface area contributed by atoms with Gasteiger partial charge in [-0.2, -0.15) is 0 Å². The predicted molar refractivity (Wildman–Crippen MR) is 79.0 cm³/mol. The number of aliphatic hydroxyl groups is 1. The lowest BCUT2D eigenvalue weighted by molar-refractivity contribution is 0.237. The summed E-state index contributed by atoms with van der Waals surface area (Å²) in [5, 5.41) is 12.8. The van der Waals surface area contributed by atoms with Crippen molar-refractivity contribution in [1.82, 2.24) is 10.2 Å². The van der Waals surface area contributed by atoms with E-state index in [1.165, 1.54) is 18.4 Å². The van der Waals surface area contributed by atoms with Crippen molar-refractivity contribution in [2.75, 3.05) is 13.6 Å². The third-order valence-corrected chi connectivity index (χ3v) is 4.17. The molecule has 0 amide bonds. The third kappa shape index (κ3) is 4.03. The SMILES string of the molecule is CC(NCC(C)N(C)C1CC1)c1cccc(CO)c1. The molecule has 3 nitrogen and oxygen atoms in total. The summed E-state index contributed by atoms with van der Waals surface area (Å²) >= 11 is 0. The Kier molecular flexibility index (Phi) is 4.97. The molecule has 0 spiro atoms. The first-order valence-electron chi connectivity index (χ1n) is 7.27. The molecule has 0 radical (unpaired) electrons. The molecule has 2 unspecified atom stereocenters. The average molecular weight is 262 g/mol. The number of nitrogens with one attached hydrogen (secondary N) is 1. The van der Waals surface area contributed by atoms with Gasteiger partial charge in [-0.3, -0.25) is 4.90 Å². The lowest BCUT2D eigenvalue weighted by Crippen LogP contribution is -2.39. The zero-order valence-electron chi connectivity index (χ0n) is 12.3. The van der Waals surface area contributed by atoms with E-state index in [1.807, 2.05) is 12.1 Å². The number of aliphatic hydroxyl groups excluding tert-OH is 1. The van der Waals surface area contributed by atoms with Crippen LogP contribution in [0, 0.1) is 0 Å². The van der Waals surface area contributed by atoms with Crippen LogP contribution in [0.5, 0.6) is 0 Å². The van der Waals surface area contributed by atoms with Gasteiger partial charge in [0, 0.05) is 24.7 Å². The van der Waals surface area contributed by atoms with E-state index >= 15 is 0 Å². The summed E-state index contributed by atoms with van der Waals surface area (Å²) < 4.78 is 0. The van der Waals surface area contributed by atoms with Gasteiger partial charge in [0.15, 0.2) is 0 Å². The van der Waals surface area contributed by atoms with E-state index in [9.17, 15) is 5.11 Å². The first kappa shape index (κ1) is 14.5. The molecule has 1 aliphatic rings. The fourth-order valence-electron chi connectivity index (χ4n) is 2.41. The lowest BCUT2D eigenvalue weighted by atomic mass is 10.1. The number of nitrogens with zero attached hydrogens (tertiary/aromatic N) is 1. The highest BCUT2D eigenvalue weighted by molar-refractivity contribution is 5.25. The Hall–Kier alpha value is -0.900. The molecular formula is C16H26N2O. The molecule has 1 aromatic rings. The van der Waals surface area contributed by atoms with E-state index in [2.05, 4.69) is 43.2 Å². The highest BCUT2D eigenvalue weighted by Gasteiger charge is 2.28. The van der Waals surface area contributed by atoms with E-state index in [1.54, 1.807) is 0 Å². The van der Waals surface area contributed by atoms with Crippen molar-refractivity contribution < 1.29 is 5.11 Å². The zero-order chi connectivity index (χ0) is 13.8. The van der Waals surface area contributed by atoms with Gasteiger partial charge in [0.1, 0.15) is 0 Å². The molecule has 1 fully saturated rings. The highest BCUT2D eigenvalue weighted by atomic mass is 16.3. The Bertz CT molecular complexity index is 403. The van der Waals surface area contributed by atoms with Crippen LogP contribution < -0.4 is 5.32 Å². The molecule has 3 heteroatoms. The second-order valence-corrected chi connectivity index (χ2v) is 5.78. The number of rotatable bonds is 7. The largest absolute Gasteiger partial charge is 0.392 e. The normalized spacial score (nSPS) is 18.6. The van der Waals surface area contributed by atoms with Gasteiger partial charge in [0.25, 0.3) is 0 Å². The molecule has 2 rings (SSSR count). The summed E-state index contributed by atoms with van der Waals surface area (Å²) in [5.41, 5.74) is 2.22. The van der Waals surface area contributed by atoms with Crippen LogP contribution in [0.25, 0.3) is 0 Å². The topological polar surface area (TPSA) is 35.5 Å². The monoisotopic (exact) mass is 262 g/mol. The fraction of sp³-hybridized carbons (Fsp3) is 0.625. The minimum Gasteiger partial charge on any atom is -0.392 e. The van der Waals surface area contributed by atoms with Crippen LogP contribution in [-0.4, -0.2) is 35.7 Å². The maximum atomic E-state index is 9.18. The molecule has 0 saturated heterocycles. The molecule has 1 aliphatic carbocycles. The third-order valence-electron chi connectivity index (χ3n) is 4.17. The highest BCUT2D eigenvalue weighted by Crippen LogP contribution is 2.26. The van der Waals surface area contributed by atoms with Crippen LogP contribution in [0.1, 0.15) is 43.9 Å². The van der Waals surface area contributed by atoms with Gasteiger partial charge in [-0.15, -0.1) is 0 Å². The number of benzene rings is 1. The zero-order valence-corrected chi connectivity index (χ0v) is 12.3. The Morgan fingerprint density at radius 1 is 1.37 bits per heavy atom. The Morgan fingerprint density at radius 2 is 2.11 bits per heavy atom. The van der Waals surface area contributed by atoms with Crippen molar-refractivity contribution in [2.45, 2.75) is 51.4 Å². The van der Waals surface area contributed by atoms with Crippen LogP contribution in [0.15, 0.2) is 24.3 Å². The number of likely N-dealkylation sites (N-methyl/N-ethyl adjacent to an activating group) is 1. The van der Waals surface area contributed by atoms with Crippen LogP contribution in [0.3, 0.4) is 0 Å². The standard InChI is InChI=1S/C16H26N2O/c1-12(18(3)16-7-8-16)10-17-13(2)15-6-4-5-14(9-15)11-19/h4-6,9,12-13,16-17,19H,7-8,10-11H2,1-3H3.